The second kappa shape index (κ2) is 6.62. The van der Waals surface area contributed by atoms with Crippen LogP contribution in [0.4, 0.5) is 15.3 Å². The number of urea groups is 1. The van der Waals surface area contributed by atoms with Crippen molar-refractivity contribution in [3.63, 3.8) is 0 Å². The first-order valence-corrected chi connectivity index (χ1v) is 6.71. The molecule has 6 heteroatoms. The Morgan fingerprint density at radius 1 is 1.14 bits per heavy atom. The molecule has 0 spiro atoms. The molecule has 2 aromatic carbocycles. The van der Waals surface area contributed by atoms with Crippen molar-refractivity contribution in [1.29, 1.82) is 0 Å². The highest BCUT2D eigenvalue weighted by molar-refractivity contribution is 6.11. The monoisotopic (exact) mass is 300 g/mol. The topological polar surface area (TPSA) is 92.9 Å². The molecule has 0 unspecified atom stereocenters. The number of phenols is 1. The number of rotatable bonds is 3. The first kappa shape index (κ1) is 15.4. The minimum atomic E-state index is -0.926. The minimum absolute atomic E-state index is 0.0443. The Hall–Kier alpha value is -3.02. The van der Waals surface area contributed by atoms with E-state index in [1.165, 1.54) is 24.3 Å². The van der Waals surface area contributed by atoms with Crippen LogP contribution in [0.3, 0.4) is 0 Å². The van der Waals surface area contributed by atoms with Crippen LogP contribution in [0, 0.1) is 0 Å². The molecule has 2 rings (SSSR count). The number of hydrogen-bond acceptors (Lipinski definition) is 4. The van der Waals surface area contributed by atoms with Gasteiger partial charge >= 0.3 is 12.1 Å². The van der Waals surface area contributed by atoms with Gasteiger partial charge in [-0.3, -0.25) is 0 Å². The normalized spacial score (nSPS) is 10.0. The van der Waals surface area contributed by atoms with Gasteiger partial charge in [-0.2, -0.15) is 4.90 Å². The molecule has 0 fully saturated rings. The van der Waals surface area contributed by atoms with Crippen LogP contribution in [-0.4, -0.2) is 17.2 Å². The predicted octanol–water partition coefficient (Wildman–Crippen LogP) is 3.04. The van der Waals surface area contributed by atoms with Crippen molar-refractivity contribution < 1.29 is 19.4 Å². The average molecular weight is 300 g/mol. The van der Waals surface area contributed by atoms with Gasteiger partial charge in [0.25, 0.3) is 0 Å². The van der Waals surface area contributed by atoms with Gasteiger partial charge in [0.2, 0.25) is 0 Å². The number of carbonyl (C=O) groups excluding carboxylic acids is 2. The number of nitrogens with two attached hydrogens (primary N) is 1. The number of benzene rings is 2. The first-order valence-electron chi connectivity index (χ1n) is 6.71. The number of carbonyl (C=O) groups is 2. The summed E-state index contributed by atoms with van der Waals surface area (Å²) in [5, 5.41) is 9.21. The number of para-hydroxylation sites is 1. The summed E-state index contributed by atoms with van der Waals surface area (Å²) in [6, 6.07) is 11.6. The zero-order valence-electron chi connectivity index (χ0n) is 12.0. The van der Waals surface area contributed by atoms with E-state index in [0.29, 0.717) is 12.1 Å². The van der Waals surface area contributed by atoms with Crippen LogP contribution in [0.1, 0.15) is 12.5 Å². The van der Waals surface area contributed by atoms with E-state index >= 15 is 0 Å². The molecule has 0 aliphatic carbocycles. The van der Waals surface area contributed by atoms with Gasteiger partial charge in [0.15, 0.2) is 0 Å². The standard InChI is InChI=1S/C16H16N2O4/c1-2-11-5-3-4-6-14(11)18(15(17)20)16(21)22-13-9-7-12(19)8-10-13/h3-10,19H,2H2,1H3,(H2,17,20). The number of aromatic hydroxyl groups is 1. The fourth-order valence-corrected chi connectivity index (χ4v) is 2.00. The van der Waals surface area contributed by atoms with Gasteiger partial charge in [-0.25, -0.2) is 9.59 Å². The van der Waals surface area contributed by atoms with Gasteiger partial charge in [0.1, 0.15) is 11.5 Å². The first-order chi connectivity index (χ1) is 10.5. The second-order valence-corrected chi connectivity index (χ2v) is 4.52. The van der Waals surface area contributed by atoms with Gasteiger partial charge < -0.3 is 15.6 Å². The fraction of sp³-hybridized carbons (Fsp3) is 0.125. The average Bonchev–Trinajstić information content (AvgIpc) is 2.50. The second-order valence-electron chi connectivity index (χ2n) is 4.52. The van der Waals surface area contributed by atoms with E-state index in [4.69, 9.17) is 10.5 Å². The summed E-state index contributed by atoms with van der Waals surface area (Å²) in [6.07, 6.45) is -0.272. The molecule has 0 radical (unpaired) electrons. The molecule has 6 nitrogen and oxygen atoms in total. The van der Waals surface area contributed by atoms with Gasteiger partial charge in [-0.1, -0.05) is 25.1 Å². The number of amides is 3. The molecular formula is C16H16N2O4. The summed E-state index contributed by atoms with van der Waals surface area (Å²) in [5.41, 5.74) is 6.50. The maximum Gasteiger partial charge on any atom is 0.428 e. The molecular weight excluding hydrogens is 284 g/mol. The predicted molar refractivity (Wildman–Crippen MR) is 82.0 cm³/mol. The largest absolute Gasteiger partial charge is 0.508 e. The molecule has 3 N–H and O–H groups in total. The van der Waals surface area contributed by atoms with Gasteiger partial charge in [0.05, 0.1) is 5.69 Å². The van der Waals surface area contributed by atoms with Crippen LogP contribution in [0.5, 0.6) is 11.5 Å². The van der Waals surface area contributed by atoms with E-state index in [1.807, 2.05) is 13.0 Å². The van der Waals surface area contributed by atoms with E-state index in [9.17, 15) is 14.7 Å². The van der Waals surface area contributed by atoms with Crippen molar-refractivity contribution in [3.05, 3.63) is 54.1 Å². The summed E-state index contributed by atoms with van der Waals surface area (Å²) >= 11 is 0. The molecule has 2 aromatic rings. The van der Waals surface area contributed by atoms with E-state index < -0.39 is 12.1 Å². The third-order valence-electron chi connectivity index (χ3n) is 3.06. The van der Waals surface area contributed by atoms with Crippen LogP contribution in [0.15, 0.2) is 48.5 Å². The van der Waals surface area contributed by atoms with Gasteiger partial charge in [-0.15, -0.1) is 0 Å². The maximum absolute atomic E-state index is 12.2. The van der Waals surface area contributed by atoms with Crippen molar-refractivity contribution in [2.45, 2.75) is 13.3 Å². The molecule has 0 atom stereocenters. The van der Waals surface area contributed by atoms with Crippen LogP contribution < -0.4 is 15.4 Å². The number of aryl methyl sites for hydroxylation is 1. The number of hydrogen-bond donors (Lipinski definition) is 2. The van der Waals surface area contributed by atoms with E-state index in [-0.39, 0.29) is 11.5 Å². The Morgan fingerprint density at radius 2 is 1.77 bits per heavy atom. The highest BCUT2D eigenvalue weighted by Gasteiger charge is 2.25. The van der Waals surface area contributed by atoms with Crippen molar-refractivity contribution in [1.82, 2.24) is 0 Å². The van der Waals surface area contributed by atoms with Crippen molar-refractivity contribution in [3.8, 4) is 11.5 Å². The van der Waals surface area contributed by atoms with E-state index in [2.05, 4.69) is 0 Å². The Balaban J connectivity index is 2.29. The molecule has 114 valence electrons. The quantitative estimate of drug-likeness (QED) is 0.911. The zero-order chi connectivity index (χ0) is 16.1. The summed E-state index contributed by atoms with van der Waals surface area (Å²) in [6.45, 7) is 1.91. The lowest BCUT2D eigenvalue weighted by Crippen LogP contribution is -2.43. The molecule has 0 saturated carbocycles. The summed E-state index contributed by atoms with van der Waals surface area (Å²) in [7, 11) is 0. The molecule has 0 bridgehead atoms. The van der Waals surface area contributed by atoms with Crippen LogP contribution in [0.25, 0.3) is 0 Å². The molecule has 0 saturated heterocycles. The molecule has 0 heterocycles. The van der Waals surface area contributed by atoms with Crippen LogP contribution >= 0.6 is 0 Å². The Labute approximate surface area is 127 Å². The number of ether oxygens (including phenoxy) is 1. The number of phenolic OH excluding ortho intramolecular Hbond substituents is 1. The third kappa shape index (κ3) is 3.35. The Bertz CT molecular complexity index is 683. The van der Waals surface area contributed by atoms with Crippen LogP contribution in [0.2, 0.25) is 0 Å². The Morgan fingerprint density at radius 3 is 2.36 bits per heavy atom. The lowest BCUT2D eigenvalue weighted by molar-refractivity contribution is 0.206. The number of imide groups is 1. The van der Waals surface area contributed by atoms with Crippen molar-refractivity contribution in [2.75, 3.05) is 4.90 Å². The molecule has 0 aliphatic rings. The molecule has 3 amide bonds. The SMILES string of the molecule is CCc1ccccc1N(C(N)=O)C(=O)Oc1ccc(O)cc1. The van der Waals surface area contributed by atoms with Crippen molar-refractivity contribution in [2.24, 2.45) is 5.73 Å². The van der Waals surface area contributed by atoms with Gasteiger partial charge in [-0.05, 0) is 42.3 Å². The lowest BCUT2D eigenvalue weighted by Gasteiger charge is -2.20. The number of nitrogens with zero attached hydrogens (tertiary/aromatic N) is 1. The molecule has 0 aromatic heterocycles. The molecule has 22 heavy (non-hydrogen) atoms. The number of anilines is 1. The van der Waals surface area contributed by atoms with Crippen LogP contribution in [-0.2, 0) is 6.42 Å². The third-order valence-corrected chi connectivity index (χ3v) is 3.06. The summed E-state index contributed by atoms with van der Waals surface area (Å²) in [5.74, 6) is 0.242. The smallest absolute Gasteiger partial charge is 0.428 e. The van der Waals surface area contributed by atoms with Gasteiger partial charge in [0, 0.05) is 0 Å². The molecule has 0 aliphatic heterocycles. The highest BCUT2D eigenvalue weighted by atomic mass is 16.6. The minimum Gasteiger partial charge on any atom is -0.508 e. The summed E-state index contributed by atoms with van der Waals surface area (Å²) < 4.78 is 5.12. The zero-order valence-corrected chi connectivity index (χ0v) is 12.0. The van der Waals surface area contributed by atoms with Crippen molar-refractivity contribution >= 4 is 17.8 Å². The Kier molecular flexibility index (Phi) is 4.63. The summed E-state index contributed by atoms with van der Waals surface area (Å²) in [4.78, 5) is 24.7. The highest BCUT2D eigenvalue weighted by Crippen LogP contribution is 2.23. The maximum atomic E-state index is 12.2. The lowest BCUT2D eigenvalue weighted by atomic mass is 10.1. The van der Waals surface area contributed by atoms with E-state index in [1.54, 1.807) is 18.2 Å². The van der Waals surface area contributed by atoms with E-state index in [0.717, 1.165) is 10.5 Å². The fourth-order valence-electron chi connectivity index (χ4n) is 2.00. The number of primary amides is 1.